The lowest BCUT2D eigenvalue weighted by Crippen LogP contribution is -2.18. The van der Waals surface area contributed by atoms with Crippen molar-refractivity contribution in [1.82, 2.24) is 0 Å². The first kappa shape index (κ1) is 9.01. The lowest BCUT2D eigenvalue weighted by molar-refractivity contribution is 0.389. The molecule has 0 saturated heterocycles. The number of rotatable bonds is 4. The molecule has 0 aromatic rings. The first-order chi connectivity index (χ1) is 5.14. The van der Waals surface area contributed by atoms with Crippen molar-refractivity contribution in [1.29, 1.82) is 0 Å². The summed E-state index contributed by atoms with van der Waals surface area (Å²) in [5.74, 6) is 1.62. The van der Waals surface area contributed by atoms with E-state index in [-0.39, 0.29) is 0 Å². The molecule has 0 spiro atoms. The Kier molecular flexibility index (Phi) is 2.55. The van der Waals surface area contributed by atoms with Crippen molar-refractivity contribution in [2.75, 3.05) is 13.1 Å². The van der Waals surface area contributed by atoms with Gasteiger partial charge < -0.3 is 11.5 Å². The quantitative estimate of drug-likeness (QED) is 0.637. The third kappa shape index (κ3) is 1.74. The maximum Gasteiger partial charge on any atom is -0.00203 e. The summed E-state index contributed by atoms with van der Waals surface area (Å²) in [4.78, 5) is 0. The molecule has 0 aromatic carbocycles. The van der Waals surface area contributed by atoms with Gasteiger partial charge >= 0.3 is 0 Å². The van der Waals surface area contributed by atoms with Crippen molar-refractivity contribution in [3.63, 3.8) is 0 Å². The highest BCUT2D eigenvalue weighted by Crippen LogP contribution is 2.55. The van der Waals surface area contributed by atoms with Gasteiger partial charge in [-0.15, -0.1) is 0 Å². The molecule has 1 saturated carbocycles. The van der Waals surface area contributed by atoms with Crippen LogP contribution >= 0.6 is 0 Å². The van der Waals surface area contributed by atoms with Crippen LogP contribution in [0.3, 0.4) is 0 Å². The van der Waals surface area contributed by atoms with Gasteiger partial charge in [0, 0.05) is 0 Å². The molecule has 11 heavy (non-hydrogen) atoms. The highest BCUT2D eigenvalue weighted by atomic mass is 14.7. The second-order valence-corrected chi connectivity index (χ2v) is 4.22. The van der Waals surface area contributed by atoms with Gasteiger partial charge in [0.2, 0.25) is 0 Å². The zero-order chi connectivity index (χ0) is 8.48. The summed E-state index contributed by atoms with van der Waals surface area (Å²) in [5, 5.41) is 0. The average molecular weight is 156 g/mol. The minimum atomic E-state index is 0.453. The average Bonchev–Trinajstić information content (AvgIpc) is 2.65. The molecule has 1 aliphatic rings. The smallest absolute Gasteiger partial charge is 0.00203 e. The van der Waals surface area contributed by atoms with Gasteiger partial charge in [0.25, 0.3) is 0 Å². The molecule has 66 valence electrons. The van der Waals surface area contributed by atoms with Gasteiger partial charge in [-0.25, -0.2) is 0 Å². The van der Waals surface area contributed by atoms with Crippen LogP contribution in [-0.2, 0) is 0 Å². The Bertz CT molecular complexity index is 136. The van der Waals surface area contributed by atoms with E-state index in [1.807, 2.05) is 0 Å². The van der Waals surface area contributed by atoms with E-state index in [1.165, 1.54) is 6.42 Å². The highest BCUT2D eigenvalue weighted by molar-refractivity contribution is 5.01. The molecule has 3 atom stereocenters. The fraction of sp³-hybridized carbons (Fsp3) is 1.00. The zero-order valence-electron chi connectivity index (χ0n) is 7.64. The van der Waals surface area contributed by atoms with Crippen LogP contribution in [0.5, 0.6) is 0 Å². The largest absolute Gasteiger partial charge is 0.330 e. The van der Waals surface area contributed by atoms with Crippen LogP contribution in [0.15, 0.2) is 0 Å². The van der Waals surface area contributed by atoms with Gasteiger partial charge in [-0.1, -0.05) is 13.8 Å². The van der Waals surface area contributed by atoms with Gasteiger partial charge in [-0.3, -0.25) is 0 Å². The molecule has 0 aromatic heterocycles. The van der Waals surface area contributed by atoms with E-state index in [0.717, 1.165) is 31.3 Å². The Morgan fingerprint density at radius 2 is 2.18 bits per heavy atom. The molecule has 4 N–H and O–H groups in total. The van der Waals surface area contributed by atoms with Crippen LogP contribution in [0.4, 0.5) is 0 Å². The topological polar surface area (TPSA) is 52.0 Å². The fourth-order valence-electron chi connectivity index (χ4n) is 2.03. The van der Waals surface area contributed by atoms with Crippen LogP contribution in [0, 0.1) is 17.3 Å². The normalized spacial score (nSPS) is 38.7. The Hall–Kier alpha value is -0.0800. The molecule has 0 heterocycles. The maximum atomic E-state index is 5.66. The van der Waals surface area contributed by atoms with Crippen molar-refractivity contribution in [3.05, 3.63) is 0 Å². The van der Waals surface area contributed by atoms with Gasteiger partial charge in [0.05, 0.1) is 0 Å². The first-order valence-electron chi connectivity index (χ1n) is 4.54. The lowest BCUT2D eigenvalue weighted by Gasteiger charge is -2.13. The number of nitrogens with two attached hydrogens (primary N) is 2. The summed E-state index contributed by atoms with van der Waals surface area (Å²) < 4.78 is 0. The van der Waals surface area contributed by atoms with E-state index in [2.05, 4.69) is 13.8 Å². The summed E-state index contributed by atoms with van der Waals surface area (Å²) in [7, 11) is 0. The number of hydrogen-bond acceptors (Lipinski definition) is 2. The highest BCUT2D eigenvalue weighted by Gasteiger charge is 2.50. The lowest BCUT2D eigenvalue weighted by atomic mass is 9.95. The summed E-state index contributed by atoms with van der Waals surface area (Å²) in [6, 6.07) is 0. The molecule has 3 unspecified atom stereocenters. The summed E-state index contributed by atoms with van der Waals surface area (Å²) >= 11 is 0. The van der Waals surface area contributed by atoms with E-state index < -0.39 is 0 Å². The standard InChI is InChI=1S/C9H20N2/c1-7(3-4-10)8-5-9(8,2)6-11/h7-8H,3-6,10-11H2,1-2H3. The van der Waals surface area contributed by atoms with E-state index in [0.29, 0.717) is 5.41 Å². The Morgan fingerprint density at radius 1 is 1.55 bits per heavy atom. The zero-order valence-corrected chi connectivity index (χ0v) is 7.64. The summed E-state index contributed by atoms with van der Waals surface area (Å²) in [6.07, 6.45) is 2.46. The SMILES string of the molecule is CC(CCN)C1CC1(C)CN. The van der Waals surface area contributed by atoms with E-state index >= 15 is 0 Å². The van der Waals surface area contributed by atoms with Crippen molar-refractivity contribution < 1.29 is 0 Å². The minimum Gasteiger partial charge on any atom is -0.330 e. The molecule has 0 amide bonds. The van der Waals surface area contributed by atoms with Crippen LogP contribution in [0.25, 0.3) is 0 Å². The van der Waals surface area contributed by atoms with Crippen molar-refractivity contribution in [3.8, 4) is 0 Å². The van der Waals surface area contributed by atoms with E-state index in [1.54, 1.807) is 0 Å². The molecular formula is C9H20N2. The van der Waals surface area contributed by atoms with Gasteiger partial charge in [0.15, 0.2) is 0 Å². The molecule has 1 rings (SSSR count). The van der Waals surface area contributed by atoms with Crippen molar-refractivity contribution >= 4 is 0 Å². The minimum absolute atomic E-state index is 0.453. The third-order valence-corrected chi connectivity index (χ3v) is 3.20. The van der Waals surface area contributed by atoms with Crippen LogP contribution in [-0.4, -0.2) is 13.1 Å². The summed E-state index contributed by atoms with van der Waals surface area (Å²) in [6.45, 7) is 6.23. The molecule has 2 nitrogen and oxygen atoms in total. The van der Waals surface area contributed by atoms with Gasteiger partial charge in [-0.05, 0) is 43.2 Å². The van der Waals surface area contributed by atoms with Crippen LogP contribution in [0.1, 0.15) is 26.7 Å². The molecule has 0 radical (unpaired) electrons. The molecule has 0 bridgehead atoms. The molecule has 2 heteroatoms. The predicted octanol–water partition coefficient (Wildman–Crippen LogP) is 0.956. The molecule has 1 aliphatic carbocycles. The summed E-state index contributed by atoms with van der Waals surface area (Å²) in [5.41, 5.74) is 11.6. The second-order valence-electron chi connectivity index (χ2n) is 4.22. The number of hydrogen-bond donors (Lipinski definition) is 2. The van der Waals surface area contributed by atoms with Crippen molar-refractivity contribution in [2.45, 2.75) is 26.7 Å². The molecule has 0 aliphatic heterocycles. The second kappa shape index (κ2) is 3.11. The fourth-order valence-corrected chi connectivity index (χ4v) is 2.03. The van der Waals surface area contributed by atoms with Crippen LogP contribution in [0.2, 0.25) is 0 Å². The predicted molar refractivity (Wildman–Crippen MR) is 48.1 cm³/mol. The Balaban J connectivity index is 2.30. The Morgan fingerprint density at radius 3 is 2.55 bits per heavy atom. The maximum absolute atomic E-state index is 5.66. The van der Waals surface area contributed by atoms with Gasteiger partial charge in [0.1, 0.15) is 0 Å². The van der Waals surface area contributed by atoms with Crippen LogP contribution < -0.4 is 11.5 Å². The van der Waals surface area contributed by atoms with Crippen molar-refractivity contribution in [2.24, 2.45) is 28.7 Å². The van der Waals surface area contributed by atoms with E-state index in [4.69, 9.17) is 11.5 Å². The monoisotopic (exact) mass is 156 g/mol. The van der Waals surface area contributed by atoms with E-state index in [9.17, 15) is 0 Å². The molecular weight excluding hydrogens is 136 g/mol. The Labute approximate surface area is 69.3 Å². The first-order valence-corrected chi connectivity index (χ1v) is 4.54. The third-order valence-electron chi connectivity index (χ3n) is 3.20. The van der Waals surface area contributed by atoms with Gasteiger partial charge in [-0.2, -0.15) is 0 Å². The molecule has 1 fully saturated rings.